The summed E-state index contributed by atoms with van der Waals surface area (Å²) >= 11 is 0. The van der Waals surface area contributed by atoms with Gasteiger partial charge in [-0.05, 0) is 13.8 Å². The van der Waals surface area contributed by atoms with E-state index in [-0.39, 0.29) is 80.1 Å². The monoisotopic (exact) mass is 547 g/mol. The van der Waals surface area contributed by atoms with Crippen molar-refractivity contribution in [2.24, 2.45) is 0 Å². The molecule has 1 fully saturated rings. The molecule has 13 nitrogen and oxygen atoms in total. The normalized spacial score (nSPS) is 8.25. The third kappa shape index (κ3) is 117. The number of ether oxygens (including phenoxy) is 5. The van der Waals surface area contributed by atoms with E-state index < -0.39 is 5.97 Å². The van der Waals surface area contributed by atoms with E-state index in [2.05, 4.69) is 36.8 Å². The minimum absolute atomic E-state index is 0. The van der Waals surface area contributed by atoms with Crippen molar-refractivity contribution in [3.8, 4) is 0 Å². The van der Waals surface area contributed by atoms with Crippen LogP contribution in [-0.4, -0.2) is 125 Å². The number of carbonyl (C=O) groups is 2. The molecule has 0 aromatic heterocycles. The molecule has 0 radical (unpaired) electrons. The fourth-order valence-electron chi connectivity index (χ4n) is 0.523. The Hall–Kier alpha value is -0.940. The molecule has 0 aromatic carbocycles. The van der Waals surface area contributed by atoms with E-state index in [1.165, 1.54) is 6.92 Å². The molecule has 0 aromatic rings. The third-order valence-electron chi connectivity index (χ3n) is 2.03. The van der Waals surface area contributed by atoms with E-state index in [9.17, 15) is 9.59 Å². The standard InChI is InChI=1S/C7H12O3.C4H6O2.2C3H8O2.C2H4O.CH4O.2CH4.Na.2H2O/c1-6(2)7(8)10-5-4-9-3;1-3(2)4(5)6;2*1-5-3-2-4;1-2-3-1;1-2;;;;;/h1,4-5H2,2-3H3;1H2,2H3,(H,5,6);2*4H,2-3H2,1H3;1-2H2;2H,1H3;2*1H4;;2*1H2/q;;;;;;;;+1;;/p-2. The zero-order valence-corrected chi connectivity index (χ0v) is 23.6. The third-order valence-corrected chi connectivity index (χ3v) is 2.03. The molecule has 0 unspecified atom stereocenters. The van der Waals surface area contributed by atoms with Crippen LogP contribution in [0.4, 0.5) is 0 Å². The van der Waals surface area contributed by atoms with Gasteiger partial charge >= 0.3 is 41.5 Å². The average Bonchev–Trinajstić information content (AvgIpc) is 3.61. The Morgan fingerprint density at radius 3 is 1.17 bits per heavy atom. The number of hydrogen-bond donors (Lipinski definition) is 4. The van der Waals surface area contributed by atoms with Crippen LogP contribution in [0.15, 0.2) is 24.3 Å². The smallest absolute Gasteiger partial charge is 0.870 e. The maximum Gasteiger partial charge on any atom is 1.00 e. The van der Waals surface area contributed by atoms with Gasteiger partial charge in [0.15, 0.2) is 0 Å². The Morgan fingerprint density at radius 1 is 0.778 bits per heavy atom. The molecular weight excluding hydrogens is 495 g/mol. The van der Waals surface area contributed by atoms with E-state index in [1.54, 1.807) is 28.3 Å². The molecule has 1 saturated heterocycles. The zero-order chi connectivity index (χ0) is 25.5. The van der Waals surface area contributed by atoms with Gasteiger partial charge in [-0.1, -0.05) is 28.0 Å². The Balaban J connectivity index is -0.0000000290. The number of aliphatic carboxylic acids is 1. The summed E-state index contributed by atoms with van der Waals surface area (Å²) in [6.07, 6.45) is 0. The fraction of sp³-hybridized carbons (Fsp3) is 0.727. The van der Waals surface area contributed by atoms with Crippen molar-refractivity contribution in [1.82, 2.24) is 0 Å². The van der Waals surface area contributed by atoms with Gasteiger partial charge in [0.05, 0.1) is 46.2 Å². The minimum Gasteiger partial charge on any atom is -0.870 e. The molecule has 6 N–H and O–H groups in total. The van der Waals surface area contributed by atoms with Gasteiger partial charge in [0.25, 0.3) is 0 Å². The van der Waals surface area contributed by atoms with Crippen LogP contribution < -0.4 is 29.6 Å². The molecule has 0 bridgehead atoms. The summed E-state index contributed by atoms with van der Waals surface area (Å²) in [5, 5.41) is 30.8. The molecule has 0 spiro atoms. The van der Waals surface area contributed by atoms with E-state index in [4.69, 9.17) is 20.4 Å². The Kier molecular flexibility index (Phi) is 116. The topological polar surface area (TPSA) is 225 Å². The van der Waals surface area contributed by atoms with Crippen LogP contribution in [0.2, 0.25) is 0 Å². The average molecular weight is 548 g/mol. The minimum atomic E-state index is -0.935. The largest absolute Gasteiger partial charge is 1.00 e. The summed E-state index contributed by atoms with van der Waals surface area (Å²) in [7, 11) is 5.65. The molecule has 14 heteroatoms. The number of carboxylic acid groups (broad SMARTS) is 1. The van der Waals surface area contributed by atoms with Gasteiger partial charge in [0, 0.05) is 39.6 Å². The molecule has 220 valence electrons. The van der Waals surface area contributed by atoms with E-state index in [1.807, 2.05) is 0 Å². The maximum absolute atomic E-state index is 10.6. The number of aliphatic hydroxyl groups excluding tert-OH is 3. The van der Waals surface area contributed by atoms with Crippen LogP contribution in [0.1, 0.15) is 28.7 Å². The van der Waals surface area contributed by atoms with Gasteiger partial charge in [-0.25, -0.2) is 9.59 Å². The number of epoxide rings is 1. The quantitative estimate of drug-likeness (QED) is 0.0822. The fourth-order valence-corrected chi connectivity index (χ4v) is 0.523. The zero-order valence-electron chi connectivity index (χ0n) is 21.6. The molecule has 1 aliphatic heterocycles. The predicted octanol–water partition coefficient (Wildman–Crippen LogP) is -1.80. The number of aliphatic hydroxyl groups is 3. The molecule has 1 rings (SSSR count). The number of hydrogen-bond acceptors (Lipinski definition) is 12. The van der Waals surface area contributed by atoms with E-state index >= 15 is 0 Å². The van der Waals surface area contributed by atoms with Crippen LogP contribution >= 0.6 is 0 Å². The van der Waals surface area contributed by atoms with Crippen molar-refractivity contribution in [2.75, 3.05) is 81.3 Å². The van der Waals surface area contributed by atoms with Crippen molar-refractivity contribution < 1.29 is 94.2 Å². The first-order valence-corrected chi connectivity index (χ1v) is 9.08. The van der Waals surface area contributed by atoms with Crippen LogP contribution in [-0.2, 0) is 33.3 Å². The number of carboxylic acids is 1. The molecule has 36 heavy (non-hydrogen) atoms. The Labute approximate surface area is 240 Å². The molecule has 0 aliphatic carbocycles. The van der Waals surface area contributed by atoms with E-state index in [0.717, 1.165) is 20.3 Å². The summed E-state index contributed by atoms with van der Waals surface area (Å²) in [6, 6.07) is 0. The first-order chi connectivity index (χ1) is 14.7. The molecule has 0 amide bonds. The van der Waals surface area contributed by atoms with Crippen molar-refractivity contribution in [2.45, 2.75) is 28.7 Å². The molecule has 0 atom stereocenters. The predicted molar refractivity (Wildman–Crippen MR) is 134 cm³/mol. The summed E-state index contributed by atoms with van der Waals surface area (Å²) < 4.78 is 22.7. The van der Waals surface area contributed by atoms with Gasteiger partial charge in [0.2, 0.25) is 0 Å². The summed E-state index contributed by atoms with van der Waals surface area (Å²) in [6.45, 7) is 13.5. The number of rotatable bonds is 9. The molecule has 1 heterocycles. The Morgan fingerprint density at radius 2 is 1.06 bits per heavy atom. The van der Waals surface area contributed by atoms with Crippen molar-refractivity contribution in [3.63, 3.8) is 0 Å². The van der Waals surface area contributed by atoms with Crippen molar-refractivity contribution in [1.29, 1.82) is 0 Å². The second-order valence-electron chi connectivity index (χ2n) is 5.04. The summed E-state index contributed by atoms with van der Waals surface area (Å²) in [5.74, 6) is -1.30. The number of esters is 1. The van der Waals surface area contributed by atoms with Crippen LogP contribution in [0, 0.1) is 0 Å². The first-order valence-electron chi connectivity index (χ1n) is 9.08. The van der Waals surface area contributed by atoms with Gasteiger partial charge in [0.1, 0.15) is 6.61 Å². The molecular formula is C22H52NaO13-. The van der Waals surface area contributed by atoms with Crippen molar-refractivity contribution >= 4 is 11.9 Å². The van der Waals surface area contributed by atoms with Gasteiger partial charge in [-0.15, -0.1) is 0 Å². The van der Waals surface area contributed by atoms with Crippen molar-refractivity contribution in [3.05, 3.63) is 24.3 Å². The first kappa shape index (κ1) is 64.8. The summed E-state index contributed by atoms with van der Waals surface area (Å²) in [5.41, 5.74) is 0.589. The second kappa shape index (κ2) is 64.3. The van der Waals surface area contributed by atoms with Crippen LogP contribution in [0.5, 0.6) is 0 Å². The number of methoxy groups -OCH3 is 3. The SMILES string of the molecule is C.C.C1CO1.C=C(C)C(=O)O.C=C(C)C(=O)OCCOC.CO.COCCO.COCCO.[Na+].[OH-].[OH-]. The van der Waals surface area contributed by atoms with Gasteiger partial charge in [-0.2, -0.15) is 0 Å². The van der Waals surface area contributed by atoms with E-state index in [0.29, 0.717) is 32.0 Å². The van der Waals surface area contributed by atoms with Gasteiger partial charge in [-0.3, -0.25) is 0 Å². The molecule has 0 saturated carbocycles. The number of carbonyl (C=O) groups excluding carboxylic acids is 1. The van der Waals surface area contributed by atoms with Crippen LogP contribution in [0.25, 0.3) is 0 Å². The second-order valence-corrected chi connectivity index (χ2v) is 5.04. The Bertz CT molecular complexity index is 383. The van der Waals surface area contributed by atoms with Crippen LogP contribution in [0.3, 0.4) is 0 Å². The maximum atomic E-state index is 10.6. The molecule has 1 aliphatic rings. The van der Waals surface area contributed by atoms with Gasteiger partial charge < -0.3 is 55.1 Å². The summed E-state index contributed by atoms with van der Waals surface area (Å²) in [4.78, 5) is 20.2.